The van der Waals surface area contributed by atoms with E-state index in [0.29, 0.717) is 17.9 Å². The first-order valence-electron chi connectivity index (χ1n) is 6.36. The molecule has 0 aromatic heterocycles. The van der Waals surface area contributed by atoms with Crippen LogP contribution in [-0.4, -0.2) is 50.2 Å². The normalized spacial score (nSPS) is 36.5. The summed E-state index contributed by atoms with van der Waals surface area (Å²) < 4.78 is 5.29. The van der Waals surface area contributed by atoms with E-state index in [1.807, 2.05) is 0 Å². The average molecular weight is 261 g/mol. The van der Waals surface area contributed by atoms with E-state index in [2.05, 4.69) is 10.2 Å². The number of amides is 1. The van der Waals surface area contributed by atoms with Crippen molar-refractivity contribution >= 4 is 18.3 Å². The van der Waals surface area contributed by atoms with Crippen LogP contribution >= 0.6 is 12.4 Å². The highest BCUT2D eigenvalue weighted by atomic mass is 35.5. The minimum absolute atomic E-state index is 0. The molecule has 2 atom stereocenters. The molecule has 1 amide bonds. The first kappa shape index (κ1) is 13.1. The predicted molar refractivity (Wildman–Crippen MR) is 67.3 cm³/mol. The fourth-order valence-corrected chi connectivity index (χ4v) is 3.25. The van der Waals surface area contributed by atoms with Crippen LogP contribution in [0.2, 0.25) is 0 Å². The summed E-state index contributed by atoms with van der Waals surface area (Å²) >= 11 is 0. The van der Waals surface area contributed by atoms with Crippen molar-refractivity contribution in [1.82, 2.24) is 10.2 Å². The maximum absolute atomic E-state index is 12.2. The van der Waals surface area contributed by atoms with Crippen molar-refractivity contribution in [1.29, 1.82) is 0 Å². The molecule has 3 saturated heterocycles. The minimum Gasteiger partial charge on any atom is -0.381 e. The van der Waals surface area contributed by atoms with Crippen LogP contribution in [0.3, 0.4) is 0 Å². The Morgan fingerprint density at radius 1 is 1.41 bits per heavy atom. The zero-order valence-electron chi connectivity index (χ0n) is 10.1. The van der Waals surface area contributed by atoms with Crippen molar-refractivity contribution in [2.75, 3.05) is 39.4 Å². The first-order chi connectivity index (χ1) is 7.79. The molecule has 98 valence electrons. The maximum atomic E-state index is 12.2. The Morgan fingerprint density at radius 2 is 2.29 bits per heavy atom. The minimum atomic E-state index is 0. The number of likely N-dealkylation sites (tertiary alicyclic amines) is 1. The standard InChI is InChI=1S/C12H20N2O2.ClH/c15-11(10-1-6-16-7-10)14-5-3-12(9-14)2-4-13-8-12;/h10,13H,1-9H2;1H. The third kappa shape index (κ3) is 2.44. The fourth-order valence-electron chi connectivity index (χ4n) is 3.25. The summed E-state index contributed by atoms with van der Waals surface area (Å²) in [5.41, 5.74) is 0.398. The molecule has 3 rings (SSSR count). The summed E-state index contributed by atoms with van der Waals surface area (Å²) in [6.07, 6.45) is 3.33. The summed E-state index contributed by atoms with van der Waals surface area (Å²) in [5.74, 6) is 0.478. The summed E-state index contributed by atoms with van der Waals surface area (Å²) in [4.78, 5) is 14.3. The summed E-state index contributed by atoms with van der Waals surface area (Å²) in [7, 11) is 0. The number of halogens is 1. The van der Waals surface area contributed by atoms with Gasteiger partial charge >= 0.3 is 0 Å². The third-order valence-corrected chi connectivity index (χ3v) is 4.36. The Kier molecular flexibility index (Phi) is 3.95. The second-order valence-electron chi connectivity index (χ2n) is 5.50. The topological polar surface area (TPSA) is 41.6 Å². The molecule has 4 nitrogen and oxygen atoms in total. The SMILES string of the molecule is Cl.O=C(C1CCOC1)N1CCC2(CCNC2)C1. The van der Waals surface area contributed by atoms with Gasteiger partial charge in [0.25, 0.3) is 0 Å². The molecule has 0 aromatic carbocycles. The Balaban J connectivity index is 0.00000108. The van der Waals surface area contributed by atoms with Crippen LogP contribution in [0.15, 0.2) is 0 Å². The Hall–Kier alpha value is -0.320. The summed E-state index contributed by atoms with van der Waals surface area (Å²) in [6.45, 7) is 5.54. The van der Waals surface area contributed by atoms with Crippen LogP contribution in [0.1, 0.15) is 19.3 Å². The molecule has 0 aromatic rings. The number of carbonyl (C=O) groups is 1. The number of hydrogen-bond acceptors (Lipinski definition) is 3. The third-order valence-electron chi connectivity index (χ3n) is 4.36. The number of rotatable bonds is 1. The van der Waals surface area contributed by atoms with Crippen LogP contribution in [0.4, 0.5) is 0 Å². The highest BCUT2D eigenvalue weighted by Gasteiger charge is 2.43. The van der Waals surface area contributed by atoms with Gasteiger partial charge < -0.3 is 15.0 Å². The van der Waals surface area contributed by atoms with Gasteiger partial charge in [-0.25, -0.2) is 0 Å². The molecule has 3 heterocycles. The molecule has 17 heavy (non-hydrogen) atoms. The van der Waals surface area contributed by atoms with Gasteiger partial charge in [0.2, 0.25) is 5.91 Å². The van der Waals surface area contributed by atoms with E-state index < -0.39 is 0 Å². The molecular formula is C12H21ClN2O2. The average Bonchev–Trinajstić information content (AvgIpc) is 3.01. The lowest BCUT2D eigenvalue weighted by Gasteiger charge is -2.24. The molecule has 0 aliphatic carbocycles. The van der Waals surface area contributed by atoms with Crippen molar-refractivity contribution in [2.45, 2.75) is 19.3 Å². The van der Waals surface area contributed by atoms with E-state index >= 15 is 0 Å². The molecular weight excluding hydrogens is 240 g/mol. The molecule has 2 unspecified atom stereocenters. The van der Waals surface area contributed by atoms with Gasteiger partial charge in [-0.05, 0) is 25.8 Å². The van der Waals surface area contributed by atoms with Crippen LogP contribution in [0.5, 0.6) is 0 Å². The summed E-state index contributed by atoms with van der Waals surface area (Å²) in [6, 6.07) is 0. The number of nitrogens with one attached hydrogen (secondary N) is 1. The van der Waals surface area contributed by atoms with Gasteiger partial charge in [-0.1, -0.05) is 0 Å². The van der Waals surface area contributed by atoms with Gasteiger partial charge in [0.05, 0.1) is 12.5 Å². The zero-order valence-corrected chi connectivity index (χ0v) is 10.9. The molecule has 5 heteroatoms. The second-order valence-corrected chi connectivity index (χ2v) is 5.50. The summed E-state index contributed by atoms with van der Waals surface area (Å²) in [5, 5.41) is 3.42. The van der Waals surface area contributed by atoms with E-state index in [1.54, 1.807) is 0 Å². The quantitative estimate of drug-likeness (QED) is 0.753. The highest BCUT2D eigenvalue weighted by molar-refractivity contribution is 5.85. The van der Waals surface area contributed by atoms with Gasteiger partial charge in [0.1, 0.15) is 0 Å². The van der Waals surface area contributed by atoms with Crippen LogP contribution in [0.25, 0.3) is 0 Å². The Labute approximate surface area is 108 Å². The Morgan fingerprint density at radius 3 is 2.94 bits per heavy atom. The smallest absolute Gasteiger partial charge is 0.228 e. The molecule has 3 aliphatic rings. The lowest BCUT2D eigenvalue weighted by atomic mass is 9.86. The molecule has 0 saturated carbocycles. The van der Waals surface area contributed by atoms with Crippen molar-refractivity contribution < 1.29 is 9.53 Å². The van der Waals surface area contributed by atoms with E-state index in [1.165, 1.54) is 12.8 Å². The van der Waals surface area contributed by atoms with Gasteiger partial charge in [-0.15, -0.1) is 12.4 Å². The van der Waals surface area contributed by atoms with Crippen molar-refractivity contribution in [2.24, 2.45) is 11.3 Å². The fraction of sp³-hybridized carbons (Fsp3) is 0.917. The van der Waals surface area contributed by atoms with Crippen molar-refractivity contribution in [3.63, 3.8) is 0 Å². The maximum Gasteiger partial charge on any atom is 0.228 e. The highest BCUT2D eigenvalue weighted by Crippen LogP contribution is 2.36. The monoisotopic (exact) mass is 260 g/mol. The van der Waals surface area contributed by atoms with E-state index in [0.717, 1.165) is 39.2 Å². The second kappa shape index (κ2) is 5.12. The lowest BCUT2D eigenvalue weighted by Crippen LogP contribution is -2.37. The van der Waals surface area contributed by atoms with E-state index in [-0.39, 0.29) is 18.3 Å². The molecule has 3 fully saturated rings. The number of carbonyl (C=O) groups excluding carboxylic acids is 1. The van der Waals surface area contributed by atoms with Crippen molar-refractivity contribution in [3.05, 3.63) is 0 Å². The molecule has 1 N–H and O–H groups in total. The van der Waals surface area contributed by atoms with Gasteiger partial charge in [0, 0.05) is 31.7 Å². The van der Waals surface area contributed by atoms with Crippen molar-refractivity contribution in [3.8, 4) is 0 Å². The van der Waals surface area contributed by atoms with E-state index in [4.69, 9.17) is 4.74 Å². The molecule has 0 bridgehead atoms. The largest absolute Gasteiger partial charge is 0.381 e. The number of ether oxygens (including phenoxy) is 1. The zero-order chi connectivity index (χ0) is 11.0. The van der Waals surface area contributed by atoms with Gasteiger partial charge in [-0.3, -0.25) is 4.79 Å². The van der Waals surface area contributed by atoms with Crippen LogP contribution < -0.4 is 5.32 Å². The Bertz CT molecular complexity index is 286. The number of hydrogen-bond donors (Lipinski definition) is 1. The molecule has 0 radical (unpaired) electrons. The van der Waals surface area contributed by atoms with Crippen LogP contribution in [0, 0.1) is 11.3 Å². The lowest BCUT2D eigenvalue weighted by molar-refractivity contribution is -0.134. The first-order valence-corrected chi connectivity index (χ1v) is 6.36. The number of nitrogens with zero attached hydrogens (tertiary/aromatic N) is 1. The van der Waals surface area contributed by atoms with E-state index in [9.17, 15) is 4.79 Å². The molecule has 3 aliphatic heterocycles. The van der Waals surface area contributed by atoms with Crippen LogP contribution in [-0.2, 0) is 9.53 Å². The van der Waals surface area contributed by atoms with Gasteiger partial charge in [0.15, 0.2) is 0 Å². The van der Waals surface area contributed by atoms with Gasteiger partial charge in [-0.2, -0.15) is 0 Å². The molecule has 1 spiro atoms. The predicted octanol–water partition coefficient (Wildman–Crippen LogP) is 0.657.